The minimum absolute atomic E-state index is 0.586. The zero-order valence-corrected chi connectivity index (χ0v) is 11.2. The van der Waals surface area contributed by atoms with Crippen molar-refractivity contribution in [3.63, 3.8) is 0 Å². The van der Waals surface area contributed by atoms with Crippen LogP contribution >= 0.6 is 22.9 Å². The van der Waals surface area contributed by atoms with Gasteiger partial charge in [0.2, 0.25) is 0 Å². The van der Waals surface area contributed by atoms with E-state index < -0.39 is 0 Å². The Hall–Kier alpha value is -0.830. The van der Waals surface area contributed by atoms with E-state index in [0.29, 0.717) is 5.88 Å². The van der Waals surface area contributed by atoms with Gasteiger partial charge >= 0.3 is 0 Å². The van der Waals surface area contributed by atoms with Crippen LogP contribution in [0.1, 0.15) is 16.7 Å². The van der Waals surface area contributed by atoms with Gasteiger partial charge in [0.05, 0.1) is 0 Å². The molecule has 0 spiro atoms. The summed E-state index contributed by atoms with van der Waals surface area (Å²) in [5.41, 5.74) is 3.90. The summed E-state index contributed by atoms with van der Waals surface area (Å²) in [6.07, 6.45) is 1.10. The number of nitrogens with one attached hydrogen (secondary N) is 1. The largest absolute Gasteiger partial charge is 0.312 e. The highest BCUT2D eigenvalue weighted by Gasteiger charge is 1.96. The number of hydrogen-bond donors (Lipinski definition) is 1. The highest BCUT2D eigenvalue weighted by atomic mass is 35.5. The number of halogens is 1. The van der Waals surface area contributed by atoms with E-state index in [0.717, 1.165) is 19.5 Å². The lowest BCUT2D eigenvalue weighted by molar-refractivity contribution is 0.687. The summed E-state index contributed by atoms with van der Waals surface area (Å²) >= 11 is 7.57. The van der Waals surface area contributed by atoms with Crippen LogP contribution in [0.15, 0.2) is 41.1 Å². The molecule has 0 unspecified atom stereocenters. The van der Waals surface area contributed by atoms with Gasteiger partial charge in [0.25, 0.3) is 0 Å². The van der Waals surface area contributed by atoms with E-state index in [1.165, 1.54) is 16.7 Å². The summed E-state index contributed by atoms with van der Waals surface area (Å²) in [6.45, 7) is 1.93. The number of thiophene rings is 1. The van der Waals surface area contributed by atoms with Crippen molar-refractivity contribution in [2.24, 2.45) is 0 Å². The van der Waals surface area contributed by atoms with E-state index in [-0.39, 0.29) is 0 Å². The molecule has 1 N–H and O–H groups in total. The Morgan fingerprint density at radius 3 is 2.76 bits per heavy atom. The van der Waals surface area contributed by atoms with Gasteiger partial charge in [-0.2, -0.15) is 11.3 Å². The van der Waals surface area contributed by atoms with Gasteiger partial charge in [0.1, 0.15) is 0 Å². The first kappa shape index (κ1) is 12.6. The maximum atomic E-state index is 5.81. The molecule has 0 aliphatic heterocycles. The van der Waals surface area contributed by atoms with E-state index in [2.05, 4.69) is 46.4 Å². The van der Waals surface area contributed by atoms with Crippen LogP contribution in [0, 0.1) is 0 Å². The van der Waals surface area contributed by atoms with Crippen molar-refractivity contribution in [2.75, 3.05) is 6.54 Å². The van der Waals surface area contributed by atoms with E-state index >= 15 is 0 Å². The molecule has 1 heterocycles. The number of benzene rings is 1. The molecule has 0 atom stereocenters. The predicted octanol–water partition coefficient (Wildman–Crippen LogP) is 3.82. The molecule has 0 fully saturated rings. The topological polar surface area (TPSA) is 12.0 Å². The summed E-state index contributed by atoms with van der Waals surface area (Å²) in [6, 6.07) is 10.6. The second-order valence-corrected chi connectivity index (χ2v) is 5.06. The normalized spacial score (nSPS) is 10.6. The Labute approximate surface area is 111 Å². The van der Waals surface area contributed by atoms with Gasteiger partial charge in [0, 0.05) is 12.4 Å². The Bertz CT molecular complexity index is 439. The van der Waals surface area contributed by atoms with Crippen LogP contribution in [0.5, 0.6) is 0 Å². The Balaban J connectivity index is 1.74. The second kappa shape index (κ2) is 6.80. The molecule has 17 heavy (non-hydrogen) atoms. The van der Waals surface area contributed by atoms with Crippen molar-refractivity contribution in [3.05, 3.63) is 57.8 Å². The first-order valence-electron chi connectivity index (χ1n) is 5.74. The van der Waals surface area contributed by atoms with Crippen LogP contribution < -0.4 is 5.32 Å². The third kappa shape index (κ3) is 4.15. The first-order chi connectivity index (χ1) is 8.38. The molecule has 2 rings (SSSR count). The van der Waals surface area contributed by atoms with E-state index in [1.807, 2.05) is 0 Å². The molecule has 1 nitrogen and oxygen atoms in total. The quantitative estimate of drug-likeness (QED) is 0.619. The minimum Gasteiger partial charge on any atom is -0.312 e. The third-order valence-electron chi connectivity index (χ3n) is 2.65. The summed E-state index contributed by atoms with van der Waals surface area (Å²) in [4.78, 5) is 0. The molecule has 0 aliphatic rings. The summed E-state index contributed by atoms with van der Waals surface area (Å²) in [5, 5.41) is 7.78. The Morgan fingerprint density at radius 1 is 1.12 bits per heavy atom. The van der Waals surface area contributed by atoms with Crippen LogP contribution in [0.25, 0.3) is 0 Å². The van der Waals surface area contributed by atoms with Gasteiger partial charge in [-0.05, 0) is 46.5 Å². The fourth-order valence-corrected chi connectivity index (χ4v) is 2.59. The van der Waals surface area contributed by atoms with Gasteiger partial charge in [-0.15, -0.1) is 11.6 Å². The Morgan fingerprint density at radius 2 is 2.00 bits per heavy atom. The lowest BCUT2D eigenvalue weighted by Crippen LogP contribution is -2.16. The maximum absolute atomic E-state index is 5.81. The summed E-state index contributed by atoms with van der Waals surface area (Å²) in [5.74, 6) is 0.586. The van der Waals surface area contributed by atoms with E-state index in [1.54, 1.807) is 11.3 Å². The monoisotopic (exact) mass is 265 g/mol. The molecule has 0 saturated carbocycles. The SMILES string of the molecule is ClCc1cccc(CNCCc2ccsc2)c1. The molecular weight excluding hydrogens is 250 g/mol. The van der Waals surface area contributed by atoms with E-state index in [4.69, 9.17) is 11.6 Å². The molecule has 1 aromatic heterocycles. The van der Waals surface area contributed by atoms with Crippen molar-refractivity contribution in [1.29, 1.82) is 0 Å². The second-order valence-electron chi connectivity index (χ2n) is 4.01. The summed E-state index contributed by atoms with van der Waals surface area (Å²) < 4.78 is 0. The maximum Gasteiger partial charge on any atom is 0.0474 e. The molecule has 0 radical (unpaired) electrons. The van der Waals surface area contributed by atoms with Gasteiger partial charge in [-0.3, -0.25) is 0 Å². The number of alkyl halides is 1. The molecular formula is C14H16ClNS. The minimum atomic E-state index is 0.586. The van der Waals surface area contributed by atoms with Crippen LogP contribution in [0.4, 0.5) is 0 Å². The lowest BCUT2D eigenvalue weighted by atomic mass is 10.1. The van der Waals surface area contributed by atoms with Crippen LogP contribution in [0.3, 0.4) is 0 Å². The molecule has 90 valence electrons. The van der Waals surface area contributed by atoms with Crippen molar-refractivity contribution < 1.29 is 0 Å². The van der Waals surface area contributed by atoms with Gasteiger partial charge in [0.15, 0.2) is 0 Å². The molecule has 1 aromatic carbocycles. The highest BCUT2D eigenvalue weighted by molar-refractivity contribution is 7.07. The van der Waals surface area contributed by atoms with Crippen molar-refractivity contribution in [2.45, 2.75) is 18.8 Å². The number of hydrogen-bond acceptors (Lipinski definition) is 2. The standard InChI is InChI=1S/C14H16ClNS/c15-9-13-2-1-3-14(8-13)10-16-6-4-12-5-7-17-11-12/h1-3,5,7-8,11,16H,4,6,9-10H2. The third-order valence-corrected chi connectivity index (χ3v) is 3.69. The van der Waals surface area contributed by atoms with Crippen molar-refractivity contribution >= 4 is 22.9 Å². The molecule has 2 aromatic rings. The molecule has 0 amide bonds. The van der Waals surface area contributed by atoms with Gasteiger partial charge < -0.3 is 5.32 Å². The fourth-order valence-electron chi connectivity index (χ4n) is 1.72. The molecule has 0 aliphatic carbocycles. The van der Waals surface area contributed by atoms with Crippen LogP contribution in [0.2, 0.25) is 0 Å². The summed E-state index contributed by atoms with van der Waals surface area (Å²) in [7, 11) is 0. The Kier molecular flexibility index (Phi) is 5.05. The zero-order chi connectivity index (χ0) is 11.9. The van der Waals surface area contributed by atoms with Gasteiger partial charge in [-0.1, -0.05) is 24.3 Å². The van der Waals surface area contributed by atoms with Crippen LogP contribution in [-0.4, -0.2) is 6.54 Å². The van der Waals surface area contributed by atoms with E-state index in [9.17, 15) is 0 Å². The molecule has 3 heteroatoms. The molecule has 0 saturated heterocycles. The van der Waals surface area contributed by atoms with Crippen molar-refractivity contribution in [3.8, 4) is 0 Å². The lowest BCUT2D eigenvalue weighted by Gasteiger charge is -2.05. The molecule has 0 bridgehead atoms. The van der Waals surface area contributed by atoms with Gasteiger partial charge in [-0.25, -0.2) is 0 Å². The average molecular weight is 266 g/mol. The average Bonchev–Trinajstić information content (AvgIpc) is 2.88. The first-order valence-corrected chi connectivity index (χ1v) is 7.22. The van der Waals surface area contributed by atoms with Crippen LogP contribution in [-0.2, 0) is 18.8 Å². The predicted molar refractivity (Wildman–Crippen MR) is 75.7 cm³/mol. The zero-order valence-electron chi connectivity index (χ0n) is 9.66. The highest BCUT2D eigenvalue weighted by Crippen LogP contribution is 2.08. The smallest absolute Gasteiger partial charge is 0.0474 e. The van der Waals surface area contributed by atoms with Crippen molar-refractivity contribution in [1.82, 2.24) is 5.32 Å². The fraction of sp³-hybridized carbons (Fsp3) is 0.286. The number of rotatable bonds is 6.